The number of benzene rings is 2. The van der Waals surface area contributed by atoms with Crippen LogP contribution in [0.2, 0.25) is 0 Å². The minimum atomic E-state index is -0.286. The van der Waals surface area contributed by atoms with E-state index in [1.54, 1.807) is 32.4 Å². The highest BCUT2D eigenvalue weighted by Gasteiger charge is 2.20. The molecule has 0 bridgehead atoms. The van der Waals surface area contributed by atoms with Gasteiger partial charge in [-0.15, -0.1) is 0 Å². The number of carbonyl (C=O) groups is 1. The highest BCUT2D eigenvalue weighted by Crippen LogP contribution is 2.30. The molecule has 3 aromatic rings. The molecule has 0 spiro atoms. The van der Waals surface area contributed by atoms with Gasteiger partial charge in [0.2, 0.25) is 0 Å². The average Bonchev–Trinajstić information content (AvgIpc) is 2.83. The van der Waals surface area contributed by atoms with Gasteiger partial charge >= 0.3 is 0 Å². The van der Waals surface area contributed by atoms with E-state index in [9.17, 15) is 4.79 Å². The van der Waals surface area contributed by atoms with Crippen LogP contribution in [0.1, 0.15) is 26.2 Å². The fraction of sp³-hybridized carbons (Fsp3) is 0.360. The molecule has 1 aliphatic rings. The molecule has 1 unspecified atom stereocenters. The lowest BCUT2D eigenvalue weighted by Crippen LogP contribution is -2.37. The van der Waals surface area contributed by atoms with E-state index in [1.807, 2.05) is 18.2 Å². The van der Waals surface area contributed by atoms with Crippen LogP contribution in [0.4, 0.5) is 11.5 Å². The molecular formula is C25H29N3O4. The summed E-state index contributed by atoms with van der Waals surface area (Å²) in [5, 5.41) is 3.81. The van der Waals surface area contributed by atoms with Gasteiger partial charge in [0.05, 0.1) is 19.9 Å². The average molecular weight is 436 g/mol. The third-order valence-corrected chi connectivity index (χ3v) is 5.81. The number of nitrogens with zero attached hydrogens (tertiary/aromatic N) is 2. The second-order valence-electron chi connectivity index (χ2n) is 7.94. The quantitative estimate of drug-likeness (QED) is 0.583. The maximum Gasteiger partial charge on any atom is 0.262 e. The zero-order valence-corrected chi connectivity index (χ0v) is 18.8. The Morgan fingerprint density at radius 1 is 1.09 bits per heavy atom. The molecule has 7 nitrogen and oxygen atoms in total. The van der Waals surface area contributed by atoms with Crippen molar-refractivity contribution in [2.45, 2.75) is 32.2 Å². The van der Waals surface area contributed by atoms with E-state index in [4.69, 9.17) is 19.2 Å². The maximum absolute atomic E-state index is 12.6. The Morgan fingerprint density at radius 3 is 2.75 bits per heavy atom. The van der Waals surface area contributed by atoms with E-state index in [1.165, 1.54) is 19.3 Å². The summed E-state index contributed by atoms with van der Waals surface area (Å²) in [5.41, 5.74) is 1.32. The molecule has 1 saturated heterocycles. The van der Waals surface area contributed by atoms with Crippen molar-refractivity contribution >= 4 is 28.3 Å². The van der Waals surface area contributed by atoms with Crippen molar-refractivity contribution in [3.63, 3.8) is 0 Å². The molecule has 32 heavy (non-hydrogen) atoms. The van der Waals surface area contributed by atoms with Crippen molar-refractivity contribution in [2.24, 2.45) is 0 Å². The lowest BCUT2D eigenvalue weighted by molar-refractivity contribution is -0.118. The van der Waals surface area contributed by atoms with Crippen LogP contribution >= 0.6 is 0 Å². The lowest BCUT2D eigenvalue weighted by Gasteiger charge is -2.34. The summed E-state index contributed by atoms with van der Waals surface area (Å²) in [7, 11) is 3.12. The number of aromatic nitrogens is 1. The Labute approximate surface area is 188 Å². The van der Waals surface area contributed by atoms with Crippen LogP contribution < -0.4 is 24.4 Å². The first-order valence-corrected chi connectivity index (χ1v) is 10.9. The second kappa shape index (κ2) is 9.77. The minimum absolute atomic E-state index is 0.139. The number of methoxy groups -OCH3 is 2. The fourth-order valence-corrected chi connectivity index (χ4v) is 4.06. The van der Waals surface area contributed by atoms with E-state index in [0.29, 0.717) is 29.0 Å². The number of hydrogen-bond donors (Lipinski definition) is 1. The molecule has 1 aliphatic heterocycles. The number of carbonyl (C=O) groups excluding carboxylic acids is 1. The molecule has 2 heterocycles. The van der Waals surface area contributed by atoms with Gasteiger partial charge in [0.25, 0.3) is 5.91 Å². The number of fused-ring (bicyclic) bond motifs is 1. The van der Waals surface area contributed by atoms with Crippen LogP contribution in [0.15, 0.2) is 48.5 Å². The summed E-state index contributed by atoms with van der Waals surface area (Å²) in [4.78, 5) is 19.8. The van der Waals surface area contributed by atoms with E-state index in [2.05, 4.69) is 29.3 Å². The van der Waals surface area contributed by atoms with Gasteiger partial charge in [-0.2, -0.15) is 0 Å². The maximum atomic E-state index is 12.6. The SMILES string of the molecule is COc1ccc(NC(=O)COc2cccc3ccc(N4CCCCC4C)nc23)c(OC)c1. The van der Waals surface area contributed by atoms with Crippen LogP contribution in [0, 0.1) is 0 Å². The van der Waals surface area contributed by atoms with Gasteiger partial charge in [-0.05, 0) is 56.5 Å². The smallest absolute Gasteiger partial charge is 0.262 e. The molecule has 1 fully saturated rings. The zero-order chi connectivity index (χ0) is 22.5. The van der Waals surface area contributed by atoms with Crippen LogP contribution in [0.3, 0.4) is 0 Å². The van der Waals surface area contributed by atoms with E-state index in [-0.39, 0.29) is 12.5 Å². The van der Waals surface area contributed by atoms with Gasteiger partial charge < -0.3 is 24.4 Å². The second-order valence-corrected chi connectivity index (χ2v) is 7.94. The van der Waals surface area contributed by atoms with Crippen LogP contribution in [-0.4, -0.2) is 44.3 Å². The molecule has 0 aliphatic carbocycles. The van der Waals surface area contributed by atoms with Crippen molar-refractivity contribution in [1.82, 2.24) is 4.98 Å². The van der Waals surface area contributed by atoms with E-state index in [0.717, 1.165) is 23.3 Å². The Bertz CT molecular complexity index is 1100. The summed E-state index contributed by atoms with van der Waals surface area (Å²) < 4.78 is 16.4. The molecule has 1 N–H and O–H groups in total. The van der Waals surface area contributed by atoms with Crippen molar-refractivity contribution < 1.29 is 19.0 Å². The number of pyridine rings is 1. The molecule has 1 aromatic heterocycles. The number of nitrogens with one attached hydrogen (secondary N) is 1. The highest BCUT2D eigenvalue weighted by molar-refractivity contribution is 5.94. The monoisotopic (exact) mass is 435 g/mol. The predicted octanol–water partition coefficient (Wildman–Crippen LogP) is 4.65. The molecule has 1 amide bonds. The Hall–Kier alpha value is -3.48. The number of hydrogen-bond acceptors (Lipinski definition) is 6. The topological polar surface area (TPSA) is 72.9 Å². The summed E-state index contributed by atoms with van der Waals surface area (Å²) in [6.07, 6.45) is 3.61. The molecule has 1 atom stereocenters. The van der Waals surface area contributed by atoms with Crippen molar-refractivity contribution in [3.8, 4) is 17.2 Å². The van der Waals surface area contributed by atoms with Crippen LogP contribution in [-0.2, 0) is 4.79 Å². The van der Waals surface area contributed by atoms with E-state index < -0.39 is 0 Å². The number of ether oxygens (including phenoxy) is 3. The third kappa shape index (κ3) is 4.72. The Balaban J connectivity index is 1.49. The Kier molecular flexibility index (Phi) is 6.63. The zero-order valence-electron chi connectivity index (χ0n) is 18.8. The van der Waals surface area contributed by atoms with E-state index >= 15 is 0 Å². The van der Waals surface area contributed by atoms with Gasteiger partial charge in [-0.1, -0.05) is 12.1 Å². The highest BCUT2D eigenvalue weighted by atomic mass is 16.5. The van der Waals surface area contributed by atoms with Gasteiger partial charge in [-0.25, -0.2) is 4.98 Å². The summed E-state index contributed by atoms with van der Waals surface area (Å²) in [6.45, 7) is 3.11. The molecular weight excluding hydrogens is 406 g/mol. The van der Waals surface area contributed by atoms with Gasteiger partial charge in [0.1, 0.15) is 28.6 Å². The van der Waals surface area contributed by atoms with Gasteiger partial charge in [0, 0.05) is 24.0 Å². The first-order valence-electron chi connectivity index (χ1n) is 10.9. The first kappa shape index (κ1) is 21.7. The van der Waals surface area contributed by atoms with Crippen molar-refractivity contribution in [1.29, 1.82) is 0 Å². The number of anilines is 2. The van der Waals surface area contributed by atoms with Crippen LogP contribution in [0.25, 0.3) is 10.9 Å². The fourth-order valence-electron chi connectivity index (χ4n) is 4.06. The summed E-state index contributed by atoms with van der Waals surface area (Å²) in [6, 6.07) is 15.6. The molecule has 7 heteroatoms. The number of rotatable bonds is 7. The molecule has 0 radical (unpaired) electrons. The van der Waals surface area contributed by atoms with Gasteiger partial charge in [0.15, 0.2) is 6.61 Å². The predicted molar refractivity (Wildman–Crippen MR) is 126 cm³/mol. The molecule has 2 aromatic carbocycles. The summed E-state index contributed by atoms with van der Waals surface area (Å²) in [5.74, 6) is 2.42. The molecule has 0 saturated carbocycles. The Morgan fingerprint density at radius 2 is 1.97 bits per heavy atom. The van der Waals surface area contributed by atoms with Crippen molar-refractivity contribution in [3.05, 3.63) is 48.5 Å². The van der Waals surface area contributed by atoms with Gasteiger partial charge in [-0.3, -0.25) is 4.79 Å². The molecule has 4 rings (SSSR count). The third-order valence-electron chi connectivity index (χ3n) is 5.81. The van der Waals surface area contributed by atoms with Crippen molar-refractivity contribution in [2.75, 3.05) is 37.6 Å². The first-order chi connectivity index (χ1) is 15.6. The number of piperidine rings is 1. The standard InChI is InChI=1S/C25H29N3O4/c1-17-7-4-5-14-28(17)23-13-10-18-8-6-9-21(25(18)27-23)32-16-24(29)26-20-12-11-19(30-2)15-22(20)31-3/h6,8-13,15,17H,4-5,7,14,16H2,1-3H3,(H,26,29). The normalized spacial score (nSPS) is 16.0. The molecule has 168 valence electrons. The van der Waals surface area contributed by atoms with Crippen LogP contribution in [0.5, 0.6) is 17.2 Å². The number of para-hydroxylation sites is 1. The number of amides is 1. The largest absolute Gasteiger partial charge is 0.497 e. The summed E-state index contributed by atoms with van der Waals surface area (Å²) >= 11 is 0. The minimum Gasteiger partial charge on any atom is -0.497 e. The lowest BCUT2D eigenvalue weighted by atomic mass is 10.0.